The molecule has 2 aromatic carbocycles. The lowest BCUT2D eigenvalue weighted by molar-refractivity contribution is 1.17. The third-order valence-electron chi connectivity index (χ3n) is 4.53. The average Bonchev–Trinajstić information content (AvgIpc) is 2.76. The number of pyridine rings is 1. The fourth-order valence-corrected chi connectivity index (χ4v) is 2.84. The van der Waals surface area contributed by atoms with Crippen molar-refractivity contribution in [3.8, 4) is 6.07 Å². The van der Waals surface area contributed by atoms with E-state index in [1.807, 2.05) is 69.3 Å². The molecule has 0 saturated carbocycles. The van der Waals surface area contributed by atoms with E-state index in [0.717, 1.165) is 22.5 Å². The van der Waals surface area contributed by atoms with Crippen LogP contribution in [0.15, 0.2) is 68.8 Å². The molecule has 31 heavy (non-hydrogen) atoms. The van der Waals surface area contributed by atoms with Crippen molar-refractivity contribution >= 4 is 36.2 Å². The molecule has 0 amide bonds. The van der Waals surface area contributed by atoms with Gasteiger partial charge in [0.25, 0.3) is 0 Å². The molecule has 0 aliphatic carbocycles. The van der Waals surface area contributed by atoms with Gasteiger partial charge in [-0.2, -0.15) is 10.4 Å². The summed E-state index contributed by atoms with van der Waals surface area (Å²) in [6.45, 7) is 5.86. The molecule has 2 N–H and O–H groups in total. The molecule has 0 aliphatic rings. The minimum atomic E-state index is 0.390. The summed E-state index contributed by atoms with van der Waals surface area (Å²) in [6.07, 6.45) is 0. The number of anilines is 4. The van der Waals surface area contributed by atoms with Gasteiger partial charge >= 0.3 is 7.55 Å². The van der Waals surface area contributed by atoms with Gasteiger partial charge in [0.15, 0.2) is 11.6 Å². The lowest BCUT2D eigenvalue weighted by atomic mass is 10.1. The number of aromatic nitrogens is 1. The van der Waals surface area contributed by atoms with Crippen molar-refractivity contribution in [3.05, 3.63) is 70.8 Å². The van der Waals surface area contributed by atoms with Crippen LogP contribution < -0.4 is 10.6 Å². The monoisotopic (exact) mass is 409 g/mol. The van der Waals surface area contributed by atoms with Crippen LogP contribution in [0.25, 0.3) is 0 Å². The quantitative estimate of drug-likeness (QED) is 0.365. The predicted octanol–water partition coefficient (Wildman–Crippen LogP) is 6.07. The molecule has 3 aromatic rings. The molecule has 153 valence electrons. The van der Waals surface area contributed by atoms with E-state index in [9.17, 15) is 5.26 Å². The van der Waals surface area contributed by atoms with Gasteiger partial charge in [-0.3, -0.25) is 0 Å². The zero-order chi connectivity index (χ0) is 22.2. The zero-order valence-electron chi connectivity index (χ0n) is 17.9. The highest BCUT2D eigenvalue weighted by molar-refractivity contribution is 6.29. The molecule has 0 aliphatic heterocycles. The van der Waals surface area contributed by atoms with Crippen LogP contribution in [0.1, 0.15) is 22.3 Å². The maximum absolute atomic E-state index is 9.80. The molecule has 1 aromatic heterocycles. The Bertz CT molecular complexity index is 1150. The molecule has 8 nitrogen and oxygen atoms in total. The first-order valence-electron chi connectivity index (χ1n) is 9.65. The first kappa shape index (κ1) is 21.6. The fraction of sp³-hybridized carbons (Fsp3) is 0.182. The van der Waals surface area contributed by atoms with Crippen molar-refractivity contribution in [1.82, 2.24) is 4.98 Å². The highest BCUT2D eigenvalue weighted by Gasteiger charge is 2.18. The van der Waals surface area contributed by atoms with Gasteiger partial charge in [0, 0.05) is 24.0 Å². The third kappa shape index (κ3) is 5.51. The van der Waals surface area contributed by atoms with Crippen molar-refractivity contribution < 1.29 is 0 Å². The lowest BCUT2D eigenvalue weighted by Gasteiger charge is -2.16. The number of aryl methyl sites for hydroxylation is 2. The summed E-state index contributed by atoms with van der Waals surface area (Å²) in [4.78, 5) is 4.67. The molecular weight excluding hydrogens is 387 g/mol. The fourth-order valence-electron chi connectivity index (χ4n) is 2.84. The van der Waals surface area contributed by atoms with Gasteiger partial charge in [-0.25, -0.2) is 20.1 Å². The molecule has 0 saturated heterocycles. The molecule has 9 heteroatoms. The van der Waals surface area contributed by atoms with Crippen molar-refractivity contribution in [2.75, 3.05) is 17.7 Å². The Morgan fingerprint density at radius 1 is 0.839 bits per heavy atom. The Labute approximate surface area is 182 Å². The normalized spacial score (nSPS) is 10.9. The molecule has 0 unspecified atom stereocenters. The number of nitriles is 1. The number of nitrogens with zero attached hydrogens (tertiary/aromatic N) is 6. The topological polar surface area (TPSA) is 110 Å². The van der Waals surface area contributed by atoms with Crippen LogP contribution in [0, 0.1) is 32.1 Å². The second kappa shape index (κ2) is 10.1. The van der Waals surface area contributed by atoms with Gasteiger partial charge in [0.05, 0.1) is 5.56 Å². The summed E-state index contributed by atoms with van der Waals surface area (Å²) >= 11 is 0. The van der Waals surface area contributed by atoms with E-state index < -0.39 is 0 Å². The largest absolute Gasteiger partial charge is 0.485 e. The first-order chi connectivity index (χ1) is 15.0. The Kier molecular flexibility index (Phi) is 7.07. The van der Waals surface area contributed by atoms with Crippen LogP contribution in [0.3, 0.4) is 0 Å². The maximum Gasteiger partial charge on any atom is 0.485 e. The average molecular weight is 409 g/mol. The van der Waals surface area contributed by atoms with Crippen molar-refractivity contribution in [2.45, 2.75) is 20.8 Å². The van der Waals surface area contributed by atoms with Crippen LogP contribution >= 0.6 is 0 Å². The van der Waals surface area contributed by atoms with E-state index in [0.29, 0.717) is 28.5 Å². The molecule has 1 heterocycles. The minimum absolute atomic E-state index is 0.390. The molecular formula is C22H22BN8. The van der Waals surface area contributed by atoms with Gasteiger partial charge in [0.1, 0.15) is 11.8 Å². The summed E-state index contributed by atoms with van der Waals surface area (Å²) in [7, 11) is 2.78. The van der Waals surface area contributed by atoms with E-state index in [2.05, 4.69) is 42.0 Å². The van der Waals surface area contributed by atoms with E-state index in [1.54, 1.807) is 7.05 Å². The Hall–Kier alpha value is -4.06. The molecule has 3 rings (SSSR count). The second-order valence-electron chi connectivity index (χ2n) is 6.90. The summed E-state index contributed by atoms with van der Waals surface area (Å²) in [5, 5.41) is 31.8. The second-order valence-corrected chi connectivity index (χ2v) is 6.90. The van der Waals surface area contributed by atoms with E-state index >= 15 is 0 Å². The van der Waals surface area contributed by atoms with Gasteiger partial charge in [-0.15, -0.1) is 0 Å². The van der Waals surface area contributed by atoms with Gasteiger partial charge in [0.2, 0.25) is 0 Å². The molecule has 1 radical (unpaired) electrons. The summed E-state index contributed by atoms with van der Waals surface area (Å²) in [5.74, 6) is 0.912. The molecule has 0 bridgehead atoms. The number of hydrogen-bond donors (Lipinski definition) is 2. The summed E-state index contributed by atoms with van der Waals surface area (Å²) in [6, 6.07) is 18.0. The van der Waals surface area contributed by atoms with E-state index in [4.69, 9.17) is 0 Å². The van der Waals surface area contributed by atoms with E-state index in [1.165, 1.54) is 7.55 Å². The molecule has 0 fully saturated rings. The Balaban J connectivity index is 2.07. The molecule has 0 spiro atoms. The zero-order valence-corrected chi connectivity index (χ0v) is 17.9. The first-order valence-corrected chi connectivity index (χ1v) is 9.65. The summed E-state index contributed by atoms with van der Waals surface area (Å²) in [5.41, 5.74) is 5.46. The number of hydrogen-bond acceptors (Lipinski definition) is 8. The van der Waals surface area contributed by atoms with Crippen molar-refractivity contribution in [2.24, 2.45) is 20.3 Å². The van der Waals surface area contributed by atoms with Crippen molar-refractivity contribution in [3.63, 3.8) is 0 Å². The van der Waals surface area contributed by atoms with E-state index in [-0.39, 0.29) is 0 Å². The smallest absolute Gasteiger partial charge is 0.339 e. The van der Waals surface area contributed by atoms with Crippen LogP contribution in [-0.4, -0.2) is 19.6 Å². The van der Waals surface area contributed by atoms with Crippen molar-refractivity contribution in [1.29, 1.82) is 5.26 Å². The Morgan fingerprint density at radius 3 is 1.90 bits per heavy atom. The highest BCUT2D eigenvalue weighted by Crippen LogP contribution is 2.36. The highest BCUT2D eigenvalue weighted by atomic mass is 15.2. The van der Waals surface area contributed by atoms with Crippen LogP contribution in [0.4, 0.5) is 28.7 Å². The number of benzene rings is 2. The third-order valence-corrected chi connectivity index (χ3v) is 4.53. The van der Waals surface area contributed by atoms with Gasteiger partial charge < -0.3 is 10.6 Å². The van der Waals surface area contributed by atoms with Gasteiger partial charge in [-0.1, -0.05) is 35.4 Å². The minimum Gasteiger partial charge on any atom is -0.339 e. The molecule has 0 atom stereocenters. The maximum atomic E-state index is 9.80. The van der Waals surface area contributed by atoms with Crippen LogP contribution in [-0.2, 0) is 0 Å². The van der Waals surface area contributed by atoms with Gasteiger partial charge in [-0.05, 0) is 45.0 Å². The standard InChI is InChI=1S/C22H22BN8/c1-14-5-9-17(10-6-14)26-21-19(13-24)16(3)20(29-31-23-30-25-4)22(28-21)27-18-11-7-15(2)8-12-18/h5-12H,1-4H3,(H2,26,27,28). The number of rotatable bonds is 7. The lowest BCUT2D eigenvalue weighted by Crippen LogP contribution is -2.04. The number of nitrogens with one attached hydrogen (secondary N) is 2. The van der Waals surface area contributed by atoms with Crippen LogP contribution in [0.2, 0.25) is 0 Å². The SMILES string of the molecule is CN=N[B]N=Nc1c(Nc2ccc(C)cc2)nc(Nc2ccc(C)cc2)c(C#N)c1C. The van der Waals surface area contributed by atoms with Crippen LogP contribution in [0.5, 0.6) is 0 Å². The Morgan fingerprint density at radius 2 is 1.39 bits per heavy atom. The summed E-state index contributed by atoms with van der Waals surface area (Å²) < 4.78 is 0. The predicted molar refractivity (Wildman–Crippen MR) is 124 cm³/mol.